The van der Waals surface area contributed by atoms with Gasteiger partial charge in [0.1, 0.15) is 0 Å². The van der Waals surface area contributed by atoms with Crippen molar-refractivity contribution in [1.29, 1.82) is 0 Å². The molecule has 0 amide bonds. The average Bonchev–Trinajstić information content (AvgIpc) is 3.27. The van der Waals surface area contributed by atoms with Crippen LogP contribution in [0.5, 0.6) is 0 Å². The summed E-state index contributed by atoms with van der Waals surface area (Å²) < 4.78 is 2.58. The molecule has 0 spiro atoms. The highest BCUT2D eigenvalue weighted by molar-refractivity contribution is 6.29. The fourth-order valence-electron chi connectivity index (χ4n) is 6.73. The molecule has 188 valence electrons. The van der Waals surface area contributed by atoms with Crippen molar-refractivity contribution in [3.05, 3.63) is 108 Å². The molecule has 0 aliphatic rings. The molecule has 8 rings (SSSR count). The fraction of sp³-hybridized carbons (Fsp3) is 0.162. The lowest BCUT2D eigenvalue weighted by atomic mass is 9.84. The van der Waals surface area contributed by atoms with Crippen molar-refractivity contribution >= 4 is 59.8 Å². The second-order valence-electron chi connectivity index (χ2n) is 12.4. The molecule has 0 aliphatic carbocycles. The Labute approximate surface area is 227 Å². The first-order valence-corrected chi connectivity index (χ1v) is 13.9. The van der Waals surface area contributed by atoms with Gasteiger partial charge in [0.2, 0.25) is 0 Å². The molecular weight excluding hydrogens is 472 g/mol. The molecule has 3 heterocycles. The molecule has 0 aliphatic heterocycles. The van der Waals surface area contributed by atoms with Gasteiger partial charge >= 0.3 is 0 Å². The molecule has 0 saturated heterocycles. The topological polar surface area (TPSA) is 17.3 Å². The summed E-state index contributed by atoms with van der Waals surface area (Å²) in [6.07, 6.45) is 2.95. The van der Waals surface area contributed by atoms with Crippen LogP contribution in [0.1, 0.15) is 31.9 Å². The van der Waals surface area contributed by atoms with Crippen molar-refractivity contribution in [2.75, 3.05) is 0 Å². The smallest absolute Gasteiger partial charge is 0.0823 e. The van der Waals surface area contributed by atoms with E-state index in [9.17, 15) is 0 Å². The number of rotatable bonds is 2. The molecule has 3 aromatic heterocycles. The van der Waals surface area contributed by atoms with Crippen LogP contribution in [-0.4, -0.2) is 9.38 Å². The molecule has 2 heteroatoms. The molecule has 0 unspecified atom stereocenters. The first kappa shape index (κ1) is 22.5. The second kappa shape index (κ2) is 7.80. The van der Waals surface area contributed by atoms with Crippen LogP contribution >= 0.6 is 0 Å². The van der Waals surface area contributed by atoms with Crippen LogP contribution < -0.4 is 0 Å². The van der Waals surface area contributed by atoms with Gasteiger partial charge in [-0.1, -0.05) is 99.1 Å². The van der Waals surface area contributed by atoms with Gasteiger partial charge in [0.15, 0.2) is 0 Å². The van der Waals surface area contributed by atoms with E-state index in [0.717, 1.165) is 11.9 Å². The predicted octanol–water partition coefficient (Wildman–Crippen LogP) is 10.1. The lowest BCUT2D eigenvalue weighted by Gasteiger charge is -2.23. The Kier molecular flexibility index (Phi) is 4.51. The second-order valence-corrected chi connectivity index (χ2v) is 12.4. The van der Waals surface area contributed by atoms with Gasteiger partial charge in [0, 0.05) is 27.7 Å². The zero-order valence-electron chi connectivity index (χ0n) is 22.8. The third kappa shape index (κ3) is 3.24. The number of aromatic nitrogens is 2. The van der Waals surface area contributed by atoms with Crippen molar-refractivity contribution in [3.8, 4) is 11.1 Å². The standard InChI is InChI=1S/C37H30N2/c1-22-10-11-26-19-30-34-33-24(16-17-38-34)12-15-28-27-14-13-25(23-8-6-5-7-9-23)20-32(27)39(36(28)33)35(30)31(29(26)18-22)21-37(2,3)4/h5-20H,21H2,1-4H3. The molecule has 2 nitrogen and oxygen atoms in total. The highest BCUT2D eigenvalue weighted by atomic mass is 14.9. The minimum atomic E-state index is 0.124. The van der Waals surface area contributed by atoms with E-state index in [1.165, 1.54) is 76.5 Å². The van der Waals surface area contributed by atoms with E-state index in [0.29, 0.717) is 0 Å². The summed E-state index contributed by atoms with van der Waals surface area (Å²) in [5.74, 6) is 0. The van der Waals surface area contributed by atoms with Gasteiger partial charge in [0.25, 0.3) is 0 Å². The third-order valence-corrected chi connectivity index (χ3v) is 8.32. The summed E-state index contributed by atoms with van der Waals surface area (Å²) in [5, 5.41) is 8.96. The highest BCUT2D eigenvalue weighted by Gasteiger charge is 2.24. The van der Waals surface area contributed by atoms with E-state index < -0.39 is 0 Å². The lowest BCUT2D eigenvalue weighted by molar-refractivity contribution is 0.413. The van der Waals surface area contributed by atoms with Crippen LogP contribution in [0.25, 0.3) is 70.9 Å². The monoisotopic (exact) mass is 502 g/mol. The van der Waals surface area contributed by atoms with Gasteiger partial charge in [-0.3, -0.25) is 4.98 Å². The number of benzene rings is 5. The normalized spacial score (nSPS) is 12.7. The van der Waals surface area contributed by atoms with Crippen LogP contribution in [0.4, 0.5) is 0 Å². The molecule has 8 aromatic rings. The quantitative estimate of drug-likeness (QED) is 0.170. The Morgan fingerprint density at radius 1 is 0.667 bits per heavy atom. The number of hydrogen-bond acceptors (Lipinski definition) is 1. The van der Waals surface area contributed by atoms with Gasteiger partial charge in [-0.2, -0.15) is 0 Å². The molecule has 39 heavy (non-hydrogen) atoms. The summed E-state index contributed by atoms with van der Waals surface area (Å²) in [7, 11) is 0. The Bertz CT molecular complexity index is 2230. The Balaban J connectivity index is 1.69. The van der Waals surface area contributed by atoms with Gasteiger partial charge in [0.05, 0.1) is 22.1 Å². The molecule has 0 radical (unpaired) electrons. The minimum absolute atomic E-state index is 0.124. The van der Waals surface area contributed by atoms with Gasteiger partial charge < -0.3 is 4.40 Å². The molecule has 0 bridgehead atoms. The van der Waals surface area contributed by atoms with Crippen LogP contribution in [0, 0.1) is 12.3 Å². The Morgan fingerprint density at radius 3 is 2.28 bits per heavy atom. The van der Waals surface area contributed by atoms with E-state index in [4.69, 9.17) is 4.98 Å². The average molecular weight is 503 g/mol. The van der Waals surface area contributed by atoms with Crippen LogP contribution in [0.2, 0.25) is 0 Å². The molecule has 0 N–H and O–H groups in total. The maximum absolute atomic E-state index is 5.05. The van der Waals surface area contributed by atoms with Crippen LogP contribution in [0.15, 0.2) is 97.2 Å². The van der Waals surface area contributed by atoms with Crippen molar-refractivity contribution in [2.45, 2.75) is 34.1 Å². The van der Waals surface area contributed by atoms with E-state index in [1.54, 1.807) is 0 Å². The van der Waals surface area contributed by atoms with Crippen LogP contribution in [-0.2, 0) is 6.42 Å². The van der Waals surface area contributed by atoms with Crippen molar-refractivity contribution in [2.24, 2.45) is 5.41 Å². The van der Waals surface area contributed by atoms with Crippen LogP contribution in [0.3, 0.4) is 0 Å². The largest absolute Gasteiger partial charge is 0.308 e. The molecule has 0 atom stereocenters. The predicted molar refractivity (Wildman–Crippen MR) is 167 cm³/mol. The fourth-order valence-corrected chi connectivity index (χ4v) is 6.73. The lowest BCUT2D eigenvalue weighted by Crippen LogP contribution is -2.11. The molecule has 0 fully saturated rings. The van der Waals surface area contributed by atoms with E-state index >= 15 is 0 Å². The zero-order chi connectivity index (χ0) is 26.5. The van der Waals surface area contributed by atoms with E-state index in [-0.39, 0.29) is 5.41 Å². The minimum Gasteiger partial charge on any atom is -0.308 e. The SMILES string of the molecule is Cc1ccc2cc3c4nccc5ccc6c7ccc(-c8ccccc8)cc7n(c3c(CC(C)(C)C)c2c1)c6c54. The van der Waals surface area contributed by atoms with E-state index in [1.807, 2.05) is 6.20 Å². The first-order valence-electron chi connectivity index (χ1n) is 13.9. The highest BCUT2D eigenvalue weighted by Crippen LogP contribution is 2.44. The van der Waals surface area contributed by atoms with Gasteiger partial charge in [-0.15, -0.1) is 0 Å². The zero-order valence-corrected chi connectivity index (χ0v) is 22.8. The van der Waals surface area contributed by atoms with Crippen molar-refractivity contribution in [3.63, 3.8) is 0 Å². The molecule has 5 aromatic carbocycles. The number of hydrogen-bond donors (Lipinski definition) is 0. The Morgan fingerprint density at radius 2 is 1.46 bits per heavy atom. The van der Waals surface area contributed by atoms with E-state index in [2.05, 4.69) is 123 Å². The maximum atomic E-state index is 5.05. The van der Waals surface area contributed by atoms with Crippen molar-refractivity contribution < 1.29 is 0 Å². The summed E-state index contributed by atoms with van der Waals surface area (Å²) in [6, 6.07) is 33.7. The number of pyridine rings is 2. The summed E-state index contributed by atoms with van der Waals surface area (Å²) >= 11 is 0. The summed E-state index contributed by atoms with van der Waals surface area (Å²) in [5.41, 5.74) is 10.3. The number of aryl methyl sites for hydroxylation is 1. The maximum Gasteiger partial charge on any atom is 0.0823 e. The summed E-state index contributed by atoms with van der Waals surface area (Å²) in [4.78, 5) is 5.05. The molecule has 0 saturated carbocycles. The van der Waals surface area contributed by atoms with Gasteiger partial charge in [-0.05, 0) is 69.8 Å². The number of nitrogens with zero attached hydrogens (tertiary/aromatic N) is 2. The third-order valence-electron chi connectivity index (χ3n) is 8.32. The Hall–Kier alpha value is -4.43. The van der Waals surface area contributed by atoms with Gasteiger partial charge in [-0.25, -0.2) is 0 Å². The first-order chi connectivity index (χ1) is 18.9. The van der Waals surface area contributed by atoms with Crippen molar-refractivity contribution in [1.82, 2.24) is 9.38 Å². The summed E-state index contributed by atoms with van der Waals surface area (Å²) in [6.45, 7) is 9.24. The molecular formula is C37H30N2. The number of fused-ring (bicyclic) bond motifs is 7.